The van der Waals surface area contributed by atoms with E-state index in [1.54, 1.807) is 30.6 Å². The molecule has 0 aliphatic carbocycles. The summed E-state index contributed by atoms with van der Waals surface area (Å²) < 4.78 is 20.0. The van der Waals surface area contributed by atoms with E-state index in [2.05, 4.69) is 32.4 Å². The number of aromatic nitrogens is 1. The maximum atomic E-state index is 14.4. The highest BCUT2D eigenvalue weighted by Crippen LogP contribution is 2.24. The molecule has 1 saturated heterocycles. The van der Waals surface area contributed by atoms with Gasteiger partial charge in [-0.3, -0.25) is 9.88 Å². The van der Waals surface area contributed by atoms with Crippen molar-refractivity contribution in [1.82, 2.24) is 20.5 Å². The van der Waals surface area contributed by atoms with Gasteiger partial charge in [0.05, 0.1) is 12.7 Å². The van der Waals surface area contributed by atoms with Gasteiger partial charge in [-0.15, -0.1) is 24.0 Å². The molecule has 164 valence electrons. The Labute approximate surface area is 195 Å². The van der Waals surface area contributed by atoms with E-state index in [0.717, 1.165) is 31.2 Å². The lowest BCUT2D eigenvalue weighted by atomic mass is 10.2. The predicted octanol–water partition coefficient (Wildman–Crippen LogP) is 4.17. The predicted molar refractivity (Wildman–Crippen MR) is 129 cm³/mol. The zero-order valence-electron chi connectivity index (χ0n) is 17.6. The summed E-state index contributed by atoms with van der Waals surface area (Å²) in [5.41, 5.74) is 0.786. The van der Waals surface area contributed by atoms with E-state index in [9.17, 15) is 4.39 Å². The van der Waals surface area contributed by atoms with Crippen molar-refractivity contribution in [2.75, 3.05) is 26.2 Å². The minimum atomic E-state index is -0.413. The molecular formula is C22H31FIN5O. The molecule has 1 atom stereocenters. The van der Waals surface area contributed by atoms with E-state index in [0.29, 0.717) is 18.3 Å². The molecule has 6 nitrogen and oxygen atoms in total. The van der Waals surface area contributed by atoms with Crippen LogP contribution >= 0.6 is 24.0 Å². The minimum absolute atomic E-state index is 0. The second-order valence-electron chi connectivity index (χ2n) is 7.06. The average Bonchev–Trinajstić information content (AvgIpc) is 3.20. The van der Waals surface area contributed by atoms with Gasteiger partial charge in [-0.25, -0.2) is 9.38 Å². The molecule has 1 fully saturated rings. The Hall–Kier alpha value is -1.94. The molecule has 30 heavy (non-hydrogen) atoms. The van der Waals surface area contributed by atoms with Crippen LogP contribution < -0.4 is 15.4 Å². The number of hydrogen-bond donors (Lipinski definition) is 2. The Morgan fingerprint density at radius 1 is 1.30 bits per heavy atom. The third-order valence-electron chi connectivity index (χ3n) is 5.03. The fraction of sp³-hybridized carbons (Fsp3) is 0.455. The molecule has 1 aliphatic rings. The van der Waals surface area contributed by atoms with Crippen molar-refractivity contribution in [1.29, 1.82) is 0 Å². The third kappa shape index (κ3) is 7.09. The number of hydrogen-bond acceptors (Lipinski definition) is 4. The SMILES string of the molecule is CCNC(=NCc1ccc(Oc2cccnc2)c(F)c1)NCC1CCCN1CC.I. The van der Waals surface area contributed by atoms with Gasteiger partial charge in [0, 0.05) is 25.3 Å². The van der Waals surface area contributed by atoms with Gasteiger partial charge in [-0.05, 0) is 62.7 Å². The molecule has 8 heteroatoms. The summed E-state index contributed by atoms with van der Waals surface area (Å²) in [6.07, 6.45) is 5.66. The number of nitrogens with one attached hydrogen (secondary N) is 2. The molecular weight excluding hydrogens is 496 g/mol. The Morgan fingerprint density at radius 3 is 2.87 bits per heavy atom. The molecule has 1 aromatic heterocycles. The average molecular weight is 527 g/mol. The number of aliphatic imine (C=N–C) groups is 1. The van der Waals surface area contributed by atoms with Gasteiger partial charge in [0.1, 0.15) is 5.75 Å². The molecule has 3 rings (SSSR count). The first-order chi connectivity index (χ1) is 14.2. The van der Waals surface area contributed by atoms with Gasteiger partial charge in [0.25, 0.3) is 0 Å². The van der Waals surface area contributed by atoms with Gasteiger partial charge in [-0.1, -0.05) is 13.0 Å². The first-order valence-electron chi connectivity index (χ1n) is 10.3. The Morgan fingerprint density at radius 2 is 2.17 bits per heavy atom. The van der Waals surface area contributed by atoms with Crippen LogP contribution in [0.25, 0.3) is 0 Å². The number of likely N-dealkylation sites (tertiary alicyclic amines) is 1. The number of rotatable bonds is 8. The summed E-state index contributed by atoms with van der Waals surface area (Å²) in [4.78, 5) is 11.1. The number of halogens is 2. The lowest BCUT2D eigenvalue weighted by molar-refractivity contribution is 0.267. The highest BCUT2D eigenvalue weighted by molar-refractivity contribution is 14.0. The number of guanidine groups is 1. The Bertz CT molecular complexity index is 805. The molecule has 0 amide bonds. The largest absolute Gasteiger partial charge is 0.453 e. The van der Waals surface area contributed by atoms with Gasteiger partial charge in [0.2, 0.25) is 0 Å². The topological polar surface area (TPSA) is 61.8 Å². The van der Waals surface area contributed by atoms with Crippen molar-refractivity contribution in [3.05, 3.63) is 54.1 Å². The molecule has 2 N–H and O–H groups in total. The van der Waals surface area contributed by atoms with E-state index >= 15 is 0 Å². The lowest BCUT2D eigenvalue weighted by Gasteiger charge is -2.24. The summed E-state index contributed by atoms with van der Waals surface area (Å²) in [6, 6.07) is 8.96. The molecule has 2 aromatic rings. The van der Waals surface area contributed by atoms with Crippen molar-refractivity contribution >= 4 is 29.9 Å². The van der Waals surface area contributed by atoms with Crippen LogP contribution in [0.15, 0.2) is 47.7 Å². The van der Waals surface area contributed by atoms with Crippen molar-refractivity contribution < 1.29 is 9.13 Å². The van der Waals surface area contributed by atoms with Crippen LogP contribution in [0.5, 0.6) is 11.5 Å². The Kier molecular flexibility index (Phi) is 10.3. The first-order valence-corrected chi connectivity index (χ1v) is 10.3. The van der Waals surface area contributed by atoms with E-state index in [1.165, 1.54) is 25.5 Å². The maximum absolute atomic E-state index is 14.4. The maximum Gasteiger partial charge on any atom is 0.191 e. The van der Waals surface area contributed by atoms with Crippen LogP contribution in [0.2, 0.25) is 0 Å². The molecule has 1 aliphatic heterocycles. The van der Waals surface area contributed by atoms with Crippen LogP contribution in [0.1, 0.15) is 32.3 Å². The fourth-order valence-corrected chi connectivity index (χ4v) is 3.53. The first kappa shape index (κ1) is 24.3. The molecule has 0 saturated carbocycles. The van der Waals surface area contributed by atoms with Crippen LogP contribution in [0.4, 0.5) is 4.39 Å². The van der Waals surface area contributed by atoms with Gasteiger partial charge in [0.15, 0.2) is 17.5 Å². The standard InChI is InChI=1S/C22H30FN5O.HI/c1-3-25-22(27-15-18-7-6-12-28(18)4-2)26-14-17-9-10-21(20(23)13-17)29-19-8-5-11-24-16-19;/h5,8-11,13,16,18H,3-4,6-7,12,14-15H2,1-2H3,(H2,25,26,27);1H. The summed E-state index contributed by atoms with van der Waals surface area (Å²) in [6.45, 7) is 8.52. The smallest absolute Gasteiger partial charge is 0.191 e. The van der Waals surface area contributed by atoms with Gasteiger partial charge in [-0.2, -0.15) is 0 Å². The van der Waals surface area contributed by atoms with Crippen LogP contribution in [0.3, 0.4) is 0 Å². The van der Waals surface area contributed by atoms with E-state index in [4.69, 9.17) is 4.74 Å². The molecule has 0 spiro atoms. The number of pyridine rings is 1. The molecule has 1 aromatic carbocycles. The number of likely N-dealkylation sites (N-methyl/N-ethyl adjacent to an activating group) is 1. The monoisotopic (exact) mass is 527 g/mol. The van der Waals surface area contributed by atoms with E-state index in [1.807, 2.05) is 13.0 Å². The van der Waals surface area contributed by atoms with Crippen molar-refractivity contribution in [2.24, 2.45) is 4.99 Å². The summed E-state index contributed by atoms with van der Waals surface area (Å²) >= 11 is 0. The van der Waals surface area contributed by atoms with Crippen LogP contribution in [-0.4, -0.2) is 48.1 Å². The van der Waals surface area contributed by atoms with E-state index < -0.39 is 5.82 Å². The quantitative estimate of drug-likeness (QED) is 0.307. The number of nitrogens with zero attached hydrogens (tertiary/aromatic N) is 3. The lowest BCUT2D eigenvalue weighted by Crippen LogP contribution is -2.44. The zero-order chi connectivity index (χ0) is 20.5. The van der Waals surface area contributed by atoms with Gasteiger partial charge < -0.3 is 15.4 Å². The zero-order valence-corrected chi connectivity index (χ0v) is 19.9. The molecule has 1 unspecified atom stereocenters. The number of ether oxygens (including phenoxy) is 1. The molecule has 0 radical (unpaired) electrons. The molecule has 2 heterocycles. The van der Waals surface area contributed by atoms with Crippen molar-refractivity contribution in [3.63, 3.8) is 0 Å². The third-order valence-corrected chi connectivity index (χ3v) is 5.03. The van der Waals surface area contributed by atoms with Crippen LogP contribution in [-0.2, 0) is 6.54 Å². The van der Waals surface area contributed by atoms with Crippen molar-refractivity contribution in [3.8, 4) is 11.5 Å². The summed E-state index contributed by atoms with van der Waals surface area (Å²) in [5.74, 6) is 1.02. The fourth-order valence-electron chi connectivity index (χ4n) is 3.53. The normalized spacial score (nSPS) is 16.8. The Balaban J connectivity index is 0.00000320. The van der Waals surface area contributed by atoms with Crippen LogP contribution in [0, 0.1) is 5.82 Å². The summed E-state index contributed by atoms with van der Waals surface area (Å²) in [5, 5.41) is 6.69. The number of benzene rings is 1. The minimum Gasteiger partial charge on any atom is -0.453 e. The van der Waals surface area contributed by atoms with Gasteiger partial charge >= 0.3 is 0 Å². The highest BCUT2D eigenvalue weighted by Gasteiger charge is 2.22. The van der Waals surface area contributed by atoms with Crippen molar-refractivity contribution in [2.45, 2.75) is 39.3 Å². The van der Waals surface area contributed by atoms with E-state index in [-0.39, 0.29) is 29.7 Å². The molecule has 0 bridgehead atoms. The summed E-state index contributed by atoms with van der Waals surface area (Å²) in [7, 11) is 0. The second kappa shape index (κ2) is 12.7. The second-order valence-corrected chi connectivity index (χ2v) is 7.06. The highest BCUT2D eigenvalue weighted by atomic mass is 127.